The third kappa shape index (κ3) is 1.78. The number of hydrogen-bond donors (Lipinski definition) is 3. The second-order valence-corrected chi connectivity index (χ2v) is 3.32. The molecule has 0 amide bonds. The van der Waals surface area contributed by atoms with Crippen molar-refractivity contribution in [1.82, 2.24) is 15.2 Å². The monoisotopic (exact) mass is 195 g/mol. The average Bonchev–Trinajstić information content (AvgIpc) is 2.76. The minimum Gasteiger partial charge on any atom is -0.358 e. The topological polar surface area (TPSA) is 65.6 Å². The van der Waals surface area contributed by atoms with Gasteiger partial charge < -0.3 is 10.6 Å². The minimum absolute atomic E-state index is 0.645. The lowest BCUT2D eigenvalue weighted by atomic mass is 10.6. The number of aromatic amines is 1. The van der Waals surface area contributed by atoms with Gasteiger partial charge in [-0.2, -0.15) is 0 Å². The molecule has 0 fully saturated rings. The lowest BCUT2D eigenvalue weighted by Gasteiger charge is -1.95. The Labute approximate surface area is 79.2 Å². The maximum absolute atomic E-state index is 3.89. The molecule has 2 heterocycles. The molecule has 0 saturated carbocycles. The summed E-state index contributed by atoms with van der Waals surface area (Å²) in [6, 6.07) is 3.95. The molecule has 2 aromatic heterocycles. The van der Waals surface area contributed by atoms with Gasteiger partial charge in [-0.1, -0.05) is 0 Å². The first-order valence-corrected chi connectivity index (χ1v) is 4.67. The van der Waals surface area contributed by atoms with E-state index in [-0.39, 0.29) is 0 Å². The van der Waals surface area contributed by atoms with Gasteiger partial charge in [-0.3, -0.25) is 4.98 Å². The van der Waals surface area contributed by atoms with Gasteiger partial charge in [0.15, 0.2) is 0 Å². The molecule has 0 aromatic carbocycles. The Balaban J connectivity index is 2.10. The fourth-order valence-electron chi connectivity index (χ4n) is 0.897. The molecule has 0 aliphatic heterocycles. The van der Waals surface area contributed by atoms with Gasteiger partial charge >= 0.3 is 0 Å². The maximum atomic E-state index is 3.89. The van der Waals surface area contributed by atoms with Gasteiger partial charge in [0.1, 0.15) is 0 Å². The number of thiophene rings is 1. The van der Waals surface area contributed by atoms with Crippen molar-refractivity contribution >= 4 is 28.2 Å². The van der Waals surface area contributed by atoms with Gasteiger partial charge in [0.05, 0.1) is 5.00 Å². The van der Waals surface area contributed by atoms with Crippen molar-refractivity contribution in [3.8, 4) is 0 Å². The average molecular weight is 195 g/mol. The number of hydrogen-bond acceptors (Lipinski definition) is 5. The van der Waals surface area contributed by atoms with Crippen LogP contribution in [-0.4, -0.2) is 22.2 Å². The minimum atomic E-state index is 0.645. The number of anilines is 3. The number of H-pyrrole nitrogens is 1. The van der Waals surface area contributed by atoms with Crippen LogP contribution in [0.5, 0.6) is 0 Å². The molecule has 0 saturated heterocycles. The summed E-state index contributed by atoms with van der Waals surface area (Å²) in [7, 11) is 1.79. The normalized spacial score (nSPS) is 9.92. The van der Waals surface area contributed by atoms with Crippen LogP contribution in [0, 0.1) is 0 Å². The van der Waals surface area contributed by atoms with Crippen LogP contribution < -0.4 is 10.6 Å². The van der Waals surface area contributed by atoms with Crippen molar-refractivity contribution in [3.05, 3.63) is 17.5 Å². The van der Waals surface area contributed by atoms with Crippen LogP contribution in [0.2, 0.25) is 0 Å². The molecular weight excluding hydrogens is 186 g/mol. The van der Waals surface area contributed by atoms with Crippen LogP contribution in [0.25, 0.3) is 0 Å². The summed E-state index contributed by atoms with van der Waals surface area (Å²) in [6.45, 7) is 0. The third-order valence-corrected chi connectivity index (χ3v) is 2.27. The summed E-state index contributed by atoms with van der Waals surface area (Å²) in [4.78, 5) is 2.96. The van der Waals surface area contributed by atoms with E-state index >= 15 is 0 Å². The first kappa shape index (κ1) is 8.06. The van der Waals surface area contributed by atoms with E-state index in [9.17, 15) is 0 Å². The van der Waals surface area contributed by atoms with Crippen LogP contribution in [0.1, 0.15) is 0 Å². The quantitative estimate of drug-likeness (QED) is 0.696. The van der Waals surface area contributed by atoms with E-state index in [2.05, 4.69) is 25.8 Å². The zero-order valence-electron chi connectivity index (χ0n) is 7.03. The summed E-state index contributed by atoms with van der Waals surface area (Å²) in [5.74, 6) is 1.30. The molecule has 0 radical (unpaired) electrons. The van der Waals surface area contributed by atoms with Gasteiger partial charge in [0, 0.05) is 7.05 Å². The third-order valence-electron chi connectivity index (χ3n) is 1.49. The molecule has 0 spiro atoms. The Morgan fingerprint density at radius 3 is 2.85 bits per heavy atom. The number of aromatic nitrogens is 3. The Morgan fingerprint density at radius 2 is 2.23 bits per heavy atom. The van der Waals surface area contributed by atoms with E-state index in [0.29, 0.717) is 11.9 Å². The van der Waals surface area contributed by atoms with Gasteiger partial charge in [-0.25, -0.2) is 0 Å². The van der Waals surface area contributed by atoms with E-state index in [4.69, 9.17) is 0 Å². The van der Waals surface area contributed by atoms with Crippen LogP contribution in [0.3, 0.4) is 0 Å². The van der Waals surface area contributed by atoms with Gasteiger partial charge in [0.2, 0.25) is 11.9 Å². The lowest BCUT2D eigenvalue weighted by Crippen LogP contribution is -1.90. The van der Waals surface area contributed by atoms with Crippen LogP contribution in [0.15, 0.2) is 17.5 Å². The molecule has 0 atom stereocenters. The van der Waals surface area contributed by atoms with E-state index in [1.807, 2.05) is 17.5 Å². The summed E-state index contributed by atoms with van der Waals surface area (Å²) in [5.41, 5.74) is 0. The van der Waals surface area contributed by atoms with E-state index in [1.54, 1.807) is 18.4 Å². The molecular formula is C7H9N5S. The molecule has 3 N–H and O–H groups in total. The SMILES string of the molecule is CNc1nnc(Nc2cccs2)[nH]1. The Hall–Kier alpha value is -1.56. The summed E-state index contributed by atoms with van der Waals surface area (Å²) in [6.07, 6.45) is 0. The summed E-state index contributed by atoms with van der Waals surface area (Å²) < 4.78 is 0. The number of nitrogens with one attached hydrogen (secondary N) is 3. The maximum Gasteiger partial charge on any atom is 0.228 e. The lowest BCUT2D eigenvalue weighted by molar-refractivity contribution is 1.09. The second kappa shape index (κ2) is 3.44. The molecule has 2 aromatic rings. The van der Waals surface area contributed by atoms with Gasteiger partial charge in [-0.15, -0.1) is 21.5 Å². The van der Waals surface area contributed by atoms with E-state index < -0.39 is 0 Å². The van der Waals surface area contributed by atoms with Crippen molar-refractivity contribution < 1.29 is 0 Å². The largest absolute Gasteiger partial charge is 0.358 e. The van der Waals surface area contributed by atoms with Crippen LogP contribution >= 0.6 is 11.3 Å². The van der Waals surface area contributed by atoms with Crippen LogP contribution in [-0.2, 0) is 0 Å². The van der Waals surface area contributed by atoms with Crippen molar-refractivity contribution in [2.75, 3.05) is 17.7 Å². The Kier molecular flexibility index (Phi) is 2.13. The zero-order chi connectivity index (χ0) is 9.10. The van der Waals surface area contributed by atoms with E-state index in [1.165, 1.54) is 0 Å². The van der Waals surface area contributed by atoms with E-state index in [0.717, 1.165) is 5.00 Å². The molecule has 0 aliphatic carbocycles. The molecule has 68 valence electrons. The first-order chi connectivity index (χ1) is 6.38. The van der Waals surface area contributed by atoms with Crippen molar-refractivity contribution in [2.24, 2.45) is 0 Å². The Morgan fingerprint density at radius 1 is 1.38 bits per heavy atom. The van der Waals surface area contributed by atoms with Gasteiger partial charge in [0.25, 0.3) is 0 Å². The highest BCUT2D eigenvalue weighted by atomic mass is 32.1. The predicted octanol–water partition coefficient (Wildman–Crippen LogP) is 1.65. The fourth-order valence-corrected chi connectivity index (χ4v) is 1.51. The van der Waals surface area contributed by atoms with Crippen molar-refractivity contribution in [1.29, 1.82) is 0 Å². The zero-order valence-corrected chi connectivity index (χ0v) is 7.85. The standard InChI is InChI=1S/C7H9N5S/c1-8-6-10-7(12-11-6)9-5-3-2-4-13-5/h2-4H,1H3,(H3,8,9,10,11,12). The van der Waals surface area contributed by atoms with Crippen molar-refractivity contribution in [3.63, 3.8) is 0 Å². The predicted molar refractivity (Wildman–Crippen MR) is 53.5 cm³/mol. The molecule has 0 unspecified atom stereocenters. The van der Waals surface area contributed by atoms with Crippen LogP contribution in [0.4, 0.5) is 16.9 Å². The summed E-state index contributed by atoms with van der Waals surface area (Å²) in [5, 5.41) is 16.7. The molecule has 0 bridgehead atoms. The highest BCUT2D eigenvalue weighted by Gasteiger charge is 2.00. The summed E-state index contributed by atoms with van der Waals surface area (Å²) >= 11 is 1.62. The smallest absolute Gasteiger partial charge is 0.228 e. The van der Waals surface area contributed by atoms with Crippen molar-refractivity contribution in [2.45, 2.75) is 0 Å². The molecule has 5 nitrogen and oxygen atoms in total. The molecule has 0 aliphatic rings. The molecule has 2 rings (SSSR count). The van der Waals surface area contributed by atoms with Gasteiger partial charge in [-0.05, 0) is 17.5 Å². The fraction of sp³-hybridized carbons (Fsp3) is 0.143. The highest BCUT2D eigenvalue weighted by Crippen LogP contribution is 2.18. The highest BCUT2D eigenvalue weighted by molar-refractivity contribution is 7.14. The Bertz CT molecular complexity index is 366. The number of rotatable bonds is 3. The molecule has 13 heavy (non-hydrogen) atoms. The molecule has 6 heteroatoms. The first-order valence-electron chi connectivity index (χ1n) is 3.79. The number of nitrogens with zero attached hydrogens (tertiary/aromatic N) is 2. The second-order valence-electron chi connectivity index (χ2n) is 2.37.